The average molecular weight is 201 g/mol. The second-order valence-electron chi connectivity index (χ2n) is 4.65. The summed E-state index contributed by atoms with van der Waals surface area (Å²) in [5.41, 5.74) is -0.674. The number of likely N-dealkylation sites (N-methyl/N-ethyl adjacent to an activating group) is 1. The summed E-state index contributed by atoms with van der Waals surface area (Å²) in [5.74, 6) is 0.402. The van der Waals surface area contributed by atoms with E-state index in [2.05, 4.69) is 5.32 Å². The van der Waals surface area contributed by atoms with E-state index < -0.39 is 11.7 Å². The Labute approximate surface area is 86.5 Å². The van der Waals surface area contributed by atoms with E-state index >= 15 is 0 Å². The Morgan fingerprint density at radius 1 is 1.50 bits per heavy atom. The van der Waals surface area contributed by atoms with E-state index in [0.717, 1.165) is 19.4 Å². The number of aliphatic hydroxyl groups excluding tert-OH is 1. The van der Waals surface area contributed by atoms with Crippen molar-refractivity contribution < 1.29 is 10.2 Å². The lowest BCUT2D eigenvalue weighted by molar-refractivity contribution is -0.0665. The van der Waals surface area contributed by atoms with Crippen LogP contribution in [0, 0.1) is 5.92 Å². The van der Waals surface area contributed by atoms with Gasteiger partial charge in [-0.05, 0) is 32.2 Å². The first kappa shape index (κ1) is 12.0. The minimum absolute atomic E-state index is 0.402. The highest BCUT2D eigenvalue weighted by Crippen LogP contribution is 2.38. The zero-order chi connectivity index (χ0) is 10.6. The van der Waals surface area contributed by atoms with E-state index in [1.807, 2.05) is 13.8 Å². The van der Waals surface area contributed by atoms with Crippen molar-refractivity contribution in [1.82, 2.24) is 5.32 Å². The van der Waals surface area contributed by atoms with Crippen LogP contribution in [0.1, 0.15) is 39.5 Å². The first-order valence-electron chi connectivity index (χ1n) is 5.67. The standard InChI is InChI=1S/C11H23NO2/c1-3-12-8-10(13)7-11(2,14)9-5-4-6-9/h9-10,12-14H,3-8H2,1-2H3/t10-,11+/m0/s1. The van der Waals surface area contributed by atoms with Crippen molar-refractivity contribution in [3.05, 3.63) is 0 Å². The fraction of sp³-hybridized carbons (Fsp3) is 1.00. The predicted molar refractivity (Wildman–Crippen MR) is 57.1 cm³/mol. The molecule has 1 fully saturated rings. The molecule has 0 amide bonds. The Bertz CT molecular complexity index is 167. The Morgan fingerprint density at radius 2 is 2.14 bits per heavy atom. The molecule has 0 aromatic heterocycles. The summed E-state index contributed by atoms with van der Waals surface area (Å²) in [5, 5.41) is 22.9. The fourth-order valence-corrected chi connectivity index (χ4v) is 2.06. The van der Waals surface area contributed by atoms with E-state index in [-0.39, 0.29) is 0 Å². The van der Waals surface area contributed by atoms with Gasteiger partial charge in [0.25, 0.3) is 0 Å². The molecule has 14 heavy (non-hydrogen) atoms. The molecular formula is C11H23NO2. The normalized spacial score (nSPS) is 24.0. The Kier molecular flexibility index (Phi) is 4.35. The van der Waals surface area contributed by atoms with Gasteiger partial charge in [0, 0.05) is 13.0 Å². The van der Waals surface area contributed by atoms with Crippen LogP contribution >= 0.6 is 0 Å². The van der Waals surface area contributed by atoms with E-state index in [1.165, 1.54) is 6.42 Å². The topological polar surface area (TPSA) is 52.5 Å². The Morgan fingerprint density at radius 3 is 2.57 bits per heavy atom. The summed E-state index contributed by atoms with van der Waals surface area (Å²) in [6.45, 7) is 5.31. The number of nitrogens with one attached hydrogen (secondary N) is 1. The predicted octanol–water partition coefficient (Wildman–Crippen LogP) is 0.898. The first-order chi connectivity index (χ1) is 6.56. The lowest BCUT2D eigenvalue weighted by atomic mass is 9.71. The smallest absolute Gasteiger partial charge is 0.0691 e. The molecule has 84 valence electrons. The number of hydrogen-bond donors (Lipinski definition) is 3. The van der Waals surface area contributed by atoms with Crippen LogP contribution < -0.4 is 5.32 Å². The van der Waals surface area contributed by atoms with Crippen LogP contribution in [-0.2, 0) is 0 Å². The maximum atomic E-state index is 10.1. The lowest BCUT2D eigenvalue weighted by Crippen LogP contribution is -2.43. The summed E-state index contributed by atoms with van der Waals surface area (Å²) >= 11 is 0. The number of rotatable bonds is 6. The Hall–Kier alpha value is -0.120. The van der Waals surface area contributed by atoms with Crippen LogP contribution in [0.4, 0.5) is 0 Å². The maximum Gasteiger partial charge on any atom is 0.0691 e. The summed E-state index contributed by atoms with van der Waals surface area (Å²) < 4.78 is 0. The second-order valence-corrected chi connectivity index (χ2v) is 4.65. The third kappa shape index (κ3) is 3.23. The molecule has 1 saturated carbocycles. The molecule has 3 nitrogen and oxygen atoms in total. The van der Waals surface area contributed by atoms with Gasteiger partial charge in [0.15, 0.2) is 0 Å². The van der Waals surface area contributed by atoms with Crippen molar-refractivity contribution in [1.29, 1.82) is 0 Å². The largest absolute Gasteiger partial charge is 0.392 e. The average Bonchev–Trinajstić information content (AvgIpc) is 1.95. The second kappa shape index (κ2) is 5.10. The zero-order valence-electron chi connectivity index (χ0n) is 9.29. The van der Waals surface area contributed by atoms with Crippen molar-refractivity contribution in [3.63, 3.8) is 0 Å². The minimum atomic E-state index is -0.674. The molecule has 1 aliphatic rings. The molecule has 0 bridgehead atoms. The van der Waals surface area contributed by atoms with E-state index in [9.17, 15) is 10.2 Å². The van der Waals surface area contributed by atoms with Crippen LogP contribution in [0.15, 0.2) is 0 Å². The van der Waals surface area contributed by atoms with Crippen LogP contribution in [-0.4, -0.2) is 35.0 Å². The van der Waals surface area contributed by atoms with Gasteiger partial charge in [-0.2, -0.15) is 0 Å². The third-order valence-electron chi connectivity index (χ3n) is 3.26. The molecule has 3 N–H and O–H groups in total. The molecule has 0 aromatic carbocycles. The summed E-state index contributed by atoms with van der Waals surface area (Å²) in [6.07, 6.45) is 3.52. The van der Waals surface area contributed by atoms with E-state index in [0.29, 0.717) is 18.9 Å². The van der Waals surface area contributed by atoms with Gasteiger partial charge in [-0.1, -0.05) is 13.3 Å². The van der Waals surface area contributed by atoms with E-state index in [4.69, 9.17) is 0 Å². The summed E-state index contributed by atoms with van der Waals surface area (Å²) in [6, 6.07) is 0. The monoisotopic (exact) mass is 201 g/mol. The van der Waals surface area contributed by atoms with Gasteiger partial charge in [-0.25, -0.2) is 0 Å². The van der Waals surface area contributed by atoms with Gasteiger partial charge < -0.3 is 15.5 Å². The minimum Gasteiger partial charge on any atom is -0.392 e. The van der Waals surface area contributed by atoms with Gasteiger partial charge >= 0.3 is 0 Å². The van der Waals surface area contributed by atoms with Crippen molar-refractivity contribution >= 4 is 0 Å². The lowest BCUT2D eigenvalue weighted by Gasteiger charge is -2.40. The Balaban J connectivity index is 2.25. The summed E-state index contributed by atoms with van der Waals surface area (Å²) in [7, 11) is 0. The number of aliphatic hydroxyl groups is 2. The molecule has 0 aromatic rings. The van der Waals surface area contributed by atoms with Crippen molar-refractivity contribution in [2.75, 3.05) is 13.1 Å². The molecule has 1 rings (SSSR count). The fourth-order valence-electron chi connectivity index (χ4n) is 2.06. The van der Waals surface area contributed by atoms with Crippen LogP contribution in [0.2, 0.25) is 0 Å². The highest BCUT2D eigenvalue weighted by molar-refractivity contribution is 4.89. The van der Waals surface area contributed by atoms with Crippen LogP contribution in [0.5, 0.6) is 0 Å². The maximum absolute atomic E-state index is 10.1. The highest BCUT2D eigenvalue weighted by atomic mass is 16.3. The van der Waals surface area contributed by atoms with Gasteiger partial charge in [-0.15, -0.1) is 0 Å². The molecule has 1 aliphatic carbocycles. The van der Waals surface area contributed by atoms with Gasteiger partial charge in [0.05, 0.1) is 11.7 Å². The van der Waals surface area contributed by atoms with Crippen molar-refractivity contribution in [3.8, 4) is 0 Å². The molecule has 0 spiro atoms. The van der Waals surface area contributed by atoms with Crippen molar-refractivity contribution in [2.24, 2.45) is 5.92 Å². The molecule has 0 heterocycles. The van der Waals surface area contributed by atoms with Crippen LogP contribution in [0.3, 0.4) is 0 Å². The molecular weight excluding hydrogens is 178 g/mol. The summed E-state index contributed by atoms with van der Waals surface area (Å²) in [4.78, 5) is 0. The molecule has 0 unspecified atom stereocenters. The molecule has 0 aliphatic heterocycles. The highest BCUT2D eigenvalue weighted by Gasteiger charge is 2.37. The molecule has 3 heteroatoms. The molecule has 2 atom stereocenters. The van der Waals surface area contributed by atoms with Crippen molar-refractivity contribution in [2.45, 2.75) is 51.2 Å². The molecule has 0 radical (unpaired) electrons. The van der Waals surface area contributed by atoms with Gasteiger partial charge in [-0.3, -0.25) is 0 Å². The quantitative estimate of drug-likeness (QED) is 0.598. The zero-order valence-corrected chi connectivity index (χ0v) is 9.29. The van der Waals surface area contributed by atoms with Gasteiger partial charge in [0.1, 0.15) is 0 Å². The number of hydrogen-bond acceptors (Lipinski definition) is 3. The van der Waals surface area contributed by atoms with Gasteiger partial charge in [0.2, 0.25) is 0 Å². The SMILES string of the molecule is CCNC[C@@H](O)C[C@@](C)(O)C1CCC1. The molecule has 0 saturated heterocycles. The van der Waals surface area contributed by atoms with Crippen LogP contribution in [0.25, 0.3) is 0 Å². The third-order valence-corrected chi connectivity index (χ3v) is 3.26. The first-order valence-corrected chi connectivity index (χ1v) is 5.67. The van der Waals surface area contributed by atoms with E-state index in [1.54, 1.807) is 0 Å².